The van der Waals surface area contributed by atoms with E-state index in [1.54, 1.807) is 12.1 Å². The van der Waals surface area contributed by atoms with Crippen LogP contribution in [0.4, 0.5) is 0 Å². The van der Waals surface area contributed by atoms with Gasteiger partial charge in [-0.05, 0) is 55.7 Å². The summed E-state index contributed by atoms with van der Waals surface area (Å²) < 4.78 is 45.1. The predicted octanol–water partition coefficient (Wildman–Crippen LogP) is 2.79. The normalized spacial score (nSPS) is 27.2. The number of hydrogen-bond acceptors (Lipinski definition) is 7. The molecule has 10 nitrogen and oxygen atoms in total. The van der Waals surface area contributed by atoms with Crippen LogP contribution in [0.2, 0.25) is 0 Å². The molecule has 4 aliphatic heterocycles. The number of nitrogens with zero attached hydrogens (tertiary/aromatic N) is 1. The first-order valence-corrected chi connectivity index (χ1v) is 16.1. The number of hydrogen-bond donors (Lipinski definition) is 2. The summed E-state index contributed by atoms with van der Waals surface area (Å²) in [6, 6.07) is 13.3. The Kier molecular flexibility index (Phi) is 8.24. The summed E-state index contributed by atoms with van der Waals surface area (Å²) in [5.41, 5.74) is 0.302. The average Bonchev–Trinajstić information content (AvgIpc) is 3.48. The Balaban J connectivity index is 1.26. The summed E-state index contributed by atoms with van der Waals surface area (Å²) in [6.45, 7) is 1.59. The smallest absolute Gasteiger partial charge is 0.243 e. The van der Waals surface area contributed by atoms with E-state index >= 15 is 0 Å². The van der Waals surface area contributed by atoms with Gasteiger partial charge >= 0.3 is 0 Å². The molecular weight excluding hydrogens is 558 g/mol. The Labute approximate surface area is 246 Å². The Hall–Kier alpha value is -3.41. The summed E-state index contributed by atoms with van der Waals surface area (Å²) in [6.07, 6.45) is 7.18. The van der Waals surface area contributed by atoms with Gasteiger partial charge in [-0.3, -0.25) is 9.59 Å². The highest BCUT2D eigenvalue weighted by molar-refractivity contribution is 7.89. The van der Waals surface area contributed by atoms with Gasteiger partial charge in [0.2, 0.25) is 28.6 Å². The highest BCUT2D eigenvalue weighted by Crippen LogP contribution is 2.37. The first-order valence-electron chi connectivity index (χ1n) is 14.6. The molecule has 1 spiro atoms. The van der Waals surface area contributed by atoms with Crippen LogP contribution in [0.3, 0.4) is 0 Å². The average molecular weight is 596 g/mol. The number of benzene rings is 2. The van der Waals surface area contributed by atoms with E-state index in [2.05, 4.69) is 10.6 Å². The van der Waals surface area contributed by atoms with Crippen molar-refractivity contribution in [3.05, 3.63) is 66.2 Å². The van der Waals surface area contributed by atoms with Crippen LogP contribution < -0.4 is 20.1 Å². The molecule has 0 radical (unpaired) electrons. The minimum absolute atomic E-state index is 0.0678. The molecule has 0 saturated carbocycles. The van der Waals surface area contributed by atoms with Gasteiger partial charge in [0.25, 0.3) is 0 Å². The van der Waals surface area contributed by atoms with Crippen molar-refractivity contribution in [2.75, 3.05) is 33.1 Å². The van der Waals surface area contributed by atoms with Gasteiger partial charge in [-0.25, -0.2) is 8.42 Å². The number of allylic oxidation sites excluding steroid dienone is 2. The fraction of sp³-hybridized carbons (Fsp3) is 0.484. The zero-order valence-corrected chi connectivity index (χ0v) is 24.3. The molecule has 0 bridgehead atoms. The minimum atomic E-state index is -3.79. The van der Waals surface area contributed by atoms with Gasteiger partial charge in [0.15, 0.2) is 11.5 Å². The van der Waals surface area contributed by atoms with Crippen molar-refractivity contribution < 1.29 is 32.2 Å². The van der Waals surface area contributed by atoms with Crippen molar-refractivity contribution in [1.82, 2.24) is 14.9 Å². The molecule has 224 valence electrons. The third-order valence-electron chi connectivity index (χ3n) is 8.96. The van der Waals surface area contributed by atoms with E-state index in [4.69, 9.17) is 14.2 Å². The van der Waals surface area contributed by atoms with Crippen molar-refractivity contribution in [2.45, 2.75) is 55.5 Å². The van der Waals surface area contributed by atoms with Crippen LogP contribution in [0.5, 0.6) is 11.5 Å². The van der Waals surface area contributed by atoms with Crippen molar-refractivity contribution in [2.24, 2.45) is 11.3 Å². The number of ether oxygens (including phenoxy) is 3. The first-order chi connectivity index (χ1) is 20.3. The summed E-state index contributed by atoms with van der Waals surface area (Å²) >= 11 is 0. The molecular formula is C31H37N3O7S. The highest BCUT2D eigenvalue weighted by Gasteiger charge is 2.42. The van der Waals surface area contributed by atoms with E-state index in [9.17, 15) is 18.0 Å². The maximum atomic E-state index is 13.8. The first kappa shape index (κ1) is 28.7. The van der Waals surface area contributed by atoms with Gasteiger partial charge in [-0.15, -0.1) is 0 Å². The second-order valence-corrected chi connectivity index (χ2v) is 13.5. The standard InChI is InChI=1S/C31H37N3O7S/c35-29-26(18-22-6-2-1-3-7-22)33-30(36)31(13-16-39-17-14-31)12-5-4-8-23-20-34(15-11-25(23)32-29)42(37,38)24-9-10-27-28(19-24)41-21-40-27/h1-7,9-10,19,23,25-26H,8,11-18,20-21H2,(H,32,35)(H,33,36)/b5-4+/t23-,25+,26-/m1/s1. The van der Waals surface area contributed by atoms with Gasteiger partial charge < -0.3 is 24.8 Å². The molecule has 2 saturated heterocycles. The van der Waals surface area contributed by atoms with Crippen LogP contribution >= 0.6 is 0 Å². The summed E-state index contributed by atoms with van der Waals surface area (Å²) in [4.78, 5) is 27.7. The molecule has 3 atom stereocenters. The molecule has 42 heavy (non-hydrogen) atoms. The lowest BCUT2D eigenvalue weighted by atomic mass is 9.75. The number of carbonyl (C=O) groups is 2. The lowest BCUT2D eigenvalue weighted by Gasteiger charge is -2.40. The maximum Gasteiger partial charge on any atom is 0.243 e. The van der Waals surface area contributed by atoms with Gasteiger partial charge in [0.1, 0.15) is 6.04 Å². The number of amides is 2. The van der Waals surface area contributed by atoms with Crippen molar-refractivity contribution >= 4 is 21.8 Å². The lowest BCUT2D eigenvalue weighted by Crippen LogP contribution is -2.58. The van der Waals surface area contributed by atoms with Crippen LogP contribution in [0.25, 0.3) is 0 Å². The summed E-state index contributed by atoms with van der Waals surface area (Å²) in [5.74, 6) is 0.440. The fourth-order valence-electron chi connectivity index (χ4n) is 6.35. The number of piperidine rings is 1. The van der Waals surface area contributed by atoms with E-state index in [-0.39, 0.29) is 48.6 Å². The van der Waals surface area contributed by atoms with E-state index in [1.807, 2.05) is 42.5 Å². The second-order valence-electron chi connectivity index (χ2n) is 11.6. The number of sulfonamides is 1. The number of fused-ring (bicyclic) bond motifs is 2. The molecule has 2 aromatic rings. The van der Waals surface area contributed by atoms with Crippen LogP contribution in [0, 0.1) is 11.3 Å². The zero-order valence-electron chi connectivity index (χ0n) is 23.5. The number of rotatable bonds is 4. The molecule has 6 rings (SSSR count). The monoisotopic (exact) mass is 595 g/mol. The van der Waals surface area contributed by atoms with E-state index in [0.717, 1.165) is 5.56 Å². The zero-order chi connectivity index (χ0) is 29.2. The SMILES string of the molecule is O=C1N[C@H]2CCN(S(=O)(=O)c3ccc4c(c3)OCO4)C[C@H]2C/C=C/CC2(CCOCC2)C(=O)N[C@@H]1Cc1ccccc1. The fourth-order valence-corrected chi connectivity index (χ4v) is 7.88. The lowest BCUT2D eigenvalue weighted by molar-refractivity contribution is -0.140. The molecule has 4 heterocycles. The molecule has 0 aromatic heterocycles. The number of nitrogens with one attached hydrogen (secondary N) is 2. The van der Waals surface area contributed by atoms with Crippen LogP contribution in [0.1, 0.15) is 37.7 Å². The van der Waals surface area contributed by atoms with Gasteiger partial charge in [0.05, 0.1) is 10.3 Å². The quantitative estimate of drug-likeness (QED) is 0.521. The van der Waals surface area contributed by atoms with E-state index < -0.39 is 21.5 Å². The molecule has 4 aliphatic rings. The minimum Gasteiger partial charge on any atom is -0.454 e. The van der Waals surface area contributed by atoms with E-state index in [0.29, 0.717) is 63.2 Å². The van der Waals surface area contributed by atoms with Gasteiger partial charge in [-0.2, -0.15) is 4.31 Å². The number of carbonyl (C=O) groups excluding carboxylic acids is 2. The Morgan fingerprint density at radius 2 is 1.74 bits per heavy atom. The van der Waals surface area contributed by atoms with Gasteiger partial charge in [-0.1, -0.05) is 42.5 Å². The molecule has 2 fully saturated rings. The third-order valence-corrected chi connectivity index (χ3v) is 10.8. The van der Waals surface area contributed by atoms with Crippen LogP contribution in [-0.2, 0) is 30.8 Å². The molecule has 0 aliphatic carbocycles. The Morgan fingerprint density at radius 1 is 0.952 bits per heavy atom. The molecule has 2 N–H and O–H groups in total. The third kappa shape index (κ3) is 5.91. The van der Waals surface area contributed by atoms with Crippen molar-refractivity contribution in [1.29, 1.82) is 0 Å². The molecule has 11 heteroatoms. The summed E-state index contributed by atoms with van der Waals surface area (Å²) in [7, 11) is -3.79. The maximum absolute atomic E-state index is 13.8. The molecule has 0 unspecified atom stereocenters. The Bertz CT molecular complexity index is 1440. The molecule has 2 aromatic carbocycles. The topological polar surface area (TPSA) is 123 Å². The van der Waals surface area contributed by atoms with Crippen molar-refractivity contribution in [3.8, 4) is 11.5 Å². The molecule has 2 amide bonds. The van der Waals surface area contributed by atoms with Crippen LogP contribution in [0.15, 0.2) is 65.6 Å². The van der Waals surface area contributed by atoms with E-state index in [1.165, 1.54) is 10.4 Å². The van der Waals surface area contributed by atoms with Crippen molar-refractivity contribution in [3.63, 3.8) is 0 Å². The Morgan fingerprint density at radius 3 is 2.55 bits per heavy atom. The second kappa shape index (κ2) is 12.1. The summed E-state index contributed by atoms with van der Waals surface area (Å²) in [5, 5.41) is 6.29. The largest absolute Gasteiger partial charge is 0.454 e. The van der Waals surface area contributed by atoms with Crippen LogP contribution in [-0.4, -0.2) is 69.7 Å². The predicted molar refractivity (Wildman–Crippen MR) is 154 cm³/mol. The highest BCUT2D eigenvalue weighted by atomic mass is 32.2. The van der Waals surface area contributed by atoms with Gasteiger partial charge in [0, 0.05) is 44.8 Å².